The molecule has 0 fully saturated rings. The molecule has 9 heteroatoms. The molecule has 0 saturated heterocycles. The summed E-state index contributed by atoms with van der Waals surface area (Å²) in [5, 5.41) is 11.1. The van der Waals surface area contributed by atoms with Crippen LogP contribution in [0.4, 0.5) is 14.5 Å². The maximum atomic E-state index is 13.8. The number of amides is 2. The second-order valence-corrected chi connectivity index (χ2v) is 5.70. The molecule has 0 bridgehead atoms. The number of anilines is 1. The van der Waals surface area contributed by atoms with Crippen LogP contribution in [0.3, 0.4) is 0 Å². The van der Waals surface area contributed by atoms with E-state index in [1.165, 1.54) is 13.3 Å². The summed E-state index contributed by atoms with van der Waals surface area (Å²) in [6.45, 7) is 0.164. The van der Waals surface area contributed by atoms with E-state index in [2.05, 4.69) is 20.8 Å². The molecule has 0 spiro atoms. The largest absolute Gasteiger partial charge is 0.496 e. The van der Waals surface area contributed by atoms with Crippen LogP contribution in [-0.4, -0.2) is 29.1 Å². The second kappa shape index (κ2) is 8.30. The van der Waals surface area contributed by atoms with Gasteiger partial charge in [-0.2, -0.15) is 5.10 Å². The van der Waals surface area contributed by atoms with Gasteiger partial charge in [0.25, 0.3) is 11.8 Å². The zero-order chi connectivity index (χ0) is 20.1. The third-order valence-electron chi connectivity index (χ3n) is 3.94. The molecule has 3 N–H and O–H groups in total. The van der Waals surface area contributed by atoms with Gasteiger partial charge in [-0.25, -0.2) is 8.78 Å². The fourth-order valence-electron chi connectivity index (χ4n) is 2.57. The summed E-state index contributed by atoms with van der Waals surface area (Å²) in [4.78, 5) is 24.6. The third kappa shape index (κ3) is 3.98. The van der Waals surface area contributed by atoms with Crippen molar-refractivity contribution in [2.24, 2.45) is 0 Å². The molecule has 0 atom stereocenters. The van der Waals surface area contributed by atoms with E-state index in [1.807, 2.05) is 0 Å². The Kier molecular flexibility index (Phi) is 5.64. The van der Waals surface area contributed by atoms with E-state index in [0.29, 0.717) is 5.75 Å². The standard InChI is InChI=1S/C19H16F2N4O3.H2/c1-28-15-8-3-2-5-11(15)9-22-19(27)17-14(10-23-25-17)24-18(26)16-12(20)6-4-7-13(16)21;/h2-8,10H,9H2,1H3,(H,22,27)(H,23,25)(H,24,26);1H. The zero-order valence-electron chi connectivity index (χ0n) is 14.8. The number of rotatable bonds is 6. The van der Waals surface area contributed by atoms with Crippen molar-refractivity contribution in [2.45, 2.75) is 6.54 Å². The first-order valence-electron chi connectivity index (χ1n) is 8.20. The minimum atomic E-state index is -1.03. The number of aromatic amines is 1. The molecule has 7 nitrogen and oxygen atoms in total. The van der Waals surface area contributed by atoms with Gasteiger partial charge in [0.2, 0.25) is 0 Å². The molecule has 1 heterocycles. The average molecular weight is 388 g/mol. The van der Waals surface area contributed by atoms with Crippen LogP contribution in [0.2, 0.25) is 0 Å². The lowest BCUT2D eigenvalue weighted by atomic mass is 10.1. The molecule has 0 aliphatic heterocycles. The maximum absolute atomic E-state index is 13.8. The first-order chi connectivity index (χ1) is 13.5. The predicted octanol–water partition coefficient (Wildman–Crippen LogP) is 3.12. The van der Waals surface area contributed by atoms with Gasteiger partial charge in [0.15, 0.2) is 0 Å². The summed E-state index contributed by atoms with van der Waals surface area (Å²) in [7, 11) is 1.52. The van der Waals surface area contributed by atoms with E-state index in [0.717, 1.165) is 23.8 Å². The second-order valence-electron chi connectivity index (χ2n) is 5.70. The molecule has 28 heavy (non-hydrogen) atoms. The van der Waals surface area contributed by atoms with Gasteiger partial charge < -0.3 is 15.4 Å². The van der Waals surface area contributed by atoms with Crippen LogP contribution in [-0.2, 0) is 6.54 Å². The Balaban J connectivity index is 0.00000300. The van der Waals surface area contributed by atoms with Crippen molar-refractivity contribution in [1.29, 1.82) is 0 Å². The summed E-state index contributed by atoms with van der Waals surface area (Å²) in [5.41, 5.74) is -0.0638. The van der Waals surface area contributed by atoms with Crippen molar-refractivity contribution < 1.29 is 24.5 Å². The molecular formula is C19H18F2N4O3. The maximum Gasteiger partial charge on any atom is 0.271 e. The first kappa shape index (κ1) is 19.0. The first-order valence-corrected chi connectivity index (χ1v) is 8.20. The highest BCUT2D eigenvalue weighted by Gasteiger charge is 2.21. The molecule has 0 aliphatic carbocycles. The Labute approximate surface area is 160 Å². The molecule has 2 amide bonds. The summed E-state index contributed by atoms with van der Waals surface area (Å²) in [6, 6.07) is 10.2. The van der Waals surface area contributed by atoms with Crippen molar-refractivity contribution in [3.8, 4) is 5.75 Å². The topological polar surface area (TPSA) is 96.1 Å². The predicted molar refractivity (Wildman–Crippen MR) is 99.2 cm³/mol. The smallest absolute Gasteiger partial charge is 0.271 e. The van der Waals surface area contributed by atoms with E-state index in [4.69, 9.17) is 4.74 Å². The van der Waals surface area contributed by atoms with Gasteiger partial charge in [-0.3, -0.25) is 14.7 Å². The van der Waals surface area contributed by atoms with Crippen molar-refractivity contribution in [2.75, 3.05) is 12.4 Å². The molecule has 2 aromatic carbocycles. The summed E-state index contributed by atoms with van der Waals surface area (Å²) >= 11 is 0. The van der Waals surface area contributed by atoms with Crippen LogP contribution in [0.1, 0.15) is 27.8 Å². The quantitative estimate of drug-likeness (QED) is 0.605. The van der Waals surface area contributed by atoms with E-state index < -0.39 is 29.0 Å². The molecule has 0 saturated carbocycles. The SMILES string of the molecule is COc1ccccc1CNC(=O)c1[nH]ncc1NC(=O)c1c(F)cccc1F.[HH]. The molecular weight excluding hydrogens is 370 g/mol. The van der Waals surface area contributed by atoms with Gasteiger partial charge in [0, 0.05) is 13.5 Å². The van der Waals surface area contributed by atoms with E-state index in [1.54, 1.807) is 24.3 Å². The molecule has 146 valence electrons. The molecule has 1 aromatic heterocycles. The molecule has 0 unspecified atom stereocenters. The number of H-pyrrole nitrogens is 1. The lowest BCUT2D eigenvalue weighted by Crippen LogP contribution is -2.25. The van der Waals surface area contributed by atoms with Crippen LogP contribution >= 0.6 is 0 Å². The highest BCUT2D eigenvalue weighted by Crippen LogP contribution is 2.19. The van der Waals surface area contributed by atoms with Crippen molar-refractivity contribution in [3.05, 3.63) is 77.1 Å². The van der Waals surface area contributed by atoms with Gasteiger partial charge in [-0.15, -0.1) is 0 Å². The Morgan fingerprint density at radius 1 is 1.11 bits per heavy atom. The third-order valence-corrected chi connectivity index (χ3v) is 3.94. The minimum Gasteiger partial charge on any atom is -0.496 e. The van der Waals surface area contributed by atoms with Crippen molar-refractivity contribution >= 4 is 17.5 Å². The number of hydrogen-bond donors (Lipinski definition) is 3. The lowest BCUT2D eigenvalue weighted by molar-refractivity contribution is 0.0946. The highest BCUT2D eigenvalue weighted by atomic mass is 19.1. The van der Waals surface area contributed by atoms with Gasteiger partial charge >= 0.3 is 0 Å². The van der Waals surface area contributed by atoms with Crippen LogP contribution < -0.4 is 15.4 Å². The number of para-hydroxylation sites is 1. The van der Waals surface area contributed by atoms with E-state index in [9.17, 15) is 18.4 Å². The van der Waals surface area contributed by atoms with E-state index >= 15 is 0 Å². The summed E-state index contributed by atoms with van der Waals surface area (Å²) in [6.07, 6.45) is 1.18. The summed E-state index contributed by atoms with van der Waals surface area (Å²) in [5.74, 6) is -3.01. The van der Waals surface area contributed by atoms with Gasteiger partial charge in [-0.1, -0.05) is 24.3 Å². The van der Waals surface area contributed by atoms with Crippen LogP contribution in [0.15, 0.2) is 48.7 Å². The van der Waals surface area contributed by atoms with Gasteiger partial charge in [-0.05, 0) is 18.2 Å². The summed E-state index contributed by atoms with van der Waals surface area (Å²) < 4.78 is 32.7. The number of aromatic nitrogens is 2. The van der Waals surface area contributed by atoms with Gasteiger partial charge in [0.1, 0.15) is 28.6 Å². The van der Waals surface area contributed by atoms with E-state index in [-0.39, 0.29) is 19.4 Å². The van der Waals surface area contributed by atoms with Crippen molar-refractivity contribution in [1.82, 2.24) is 15.5 Å². The number of carbonyl (C=O) groups is 2. The zero-order valence-corrected chi connectivity index (χ0v) is 14.8. The van der Waals surface area contributed by atoms with Crippen LogP contribution in [0.25, 0.3) is 0 Å². The Bertz CT molecular complexity index is 1010. The number of ether oxygens (including phenoxy) is 1. The fraction of sp³-hybridized carbons (Fsp3) is 0.105. The Morgan fingerprint density at radius 3 is 2.54 bits per heavy atom. The minimum absolute atomic E-state index is 0. The Morgan fingerprint density at radius 2 is 1.82 bits per heavy atom. The average Bonchev–Trinajstić information content (AvgIpc) is 3.14. The molecule has 3 aromatic rings. The number of hydrogen-bond acceptors (Lipinski definition) is 4. The molecule has 0 aliphatic rings. The lowest BCUT2D eigenvalue weighted by Gasteiger charge is -2.10. The molecule has 0 radical (unpaired) electrons. The van der Waals surface area contributed by atoms with Crippen LogP contribution in [0, 0.1) is 11.6 Å². The highest BCUT2D eigenvalue weighted by molar-refractivity contribution is 6.08. The normalized spacial score (nSPS) is 10.4. The number of nitrogens with one attached hydrogen (secondary N) is 3. The number of nitrogens with zero attached hydrogens (tertiary/aromatic N) is 1. The van der Waals surface area contributed by atoms with Gasteiger partial charge in [0.05, 0.1) is 19.0 Å². The molecule has 3 rings (SSSR count). The fourth-order valence-corrected chi connectivity index (χ4v) is 2.57. The number of halogens is 2. The monoisotopic (exact) mass is 388 g/mol. The van der Waals surface area contributed by atoms with Crippen molar-refractivity contribution in [3.63, 3.8) is 0 Å². The number of methoxy groups -OCH3 is 1. The Hall–Kier alpha value is -3.75. The number of carbonyl (C=O) groups excluding carboxylic acids is 2. The number of benzene rings is 2. The van der Waals surface area contributed by atoms with Crippen LogP contribution in [0.5, 0.6) is 5.75 Å².